The molecule has 3 N–H and O–H groups in total. The van der Waals surface area contributed by atoms with E-state index in [4.69, 9.17) is 5.73 Å². The second-order valence-electron chi connectivity index (χ2n) is 5.95. The Morgan fingerprint density at radius 3 is 2.43 bits per heavy atom. The highest BCUT2D eigenvalue weighted by Crippen LogP contribution is 2.18. The van der Waals surface area contributed by atoms with Gasteiger partial charge in [0.1, 0.15) is 0 Å². The minimum atomic E-state index is -0.544. The number of hydrogen-bond acceptors (Lipinski definition) is 3. The van der Waals surface area contributed by atoms with E-state index in [2.05, 4.69) is 5.32 Å². The highest BCUT2D eigenvalue weighted by Gasteiger charge is 2.17. The Bertz CT molecular complexity index is 524. The van der Waals surface area contributed by atoms with Crippen LogP contribution in [-0.4, -0.2) is 36.9 Å². The minimum absolute atomic E-state index is 0.100. The third kappa shape index (κ3) is 4.86. The van der Waals surface area contributed by atoms with Gasteiger partial charge in [-0.15, -0.1) is 0 Å². The third-order valence-corrected chi connectivity index (χ3v) is 3.21. The topological polar surface area (TPSA) is 75.4 Å². The first-order valence-corrected chi connectivity index (χ1v) is 7.11. The lowest BCUT2D eigenvalue weighted by atomic mass is 10.0. The van der Waals surface area contributed by atoms with Crippen LogP contribution in [0.4, 0.5) is 5.69 Å². The van der Waals surface area contributed by atoms with Crippen molar-refractivity contribution in [2.75, 3.05) is 19.4 Å². The molecule has 0 fully saturated rings. The van der Waals surface area contributed by atoms with Gasteiger partial charge in [-0.3, -0.25) is 9.59 Å². The Morgan fingerprint density at radius 1 is 1.29 bits per heavy atom. The second kappa shape index (κ2) is 7.22. The number of benzene rings is 1. The minimum Gasteiger partial charge on any atom is -0.345 e. The zero-order chi connectivity index (χ0) is 16.2. The van der Waals surface area contributed by atoms with Crippen LogP contribution in [0.15, 0.2) is 18.2 Å². The average Bonchev–Trinajstić information content (AvgIpc) is 2.39. The van der Waals surface area contributed by atoms with Gasteiger partial charge in [-0.05, 0) is 37.0 Å². The summed E-state index contributed by atoms with van der Waals surface area (Å²) in [5, 5.41) is 2.81. The lowest BCUT2D eigenvalue weighted by molar-refractivity contribution is -0.117. The number of anilines is 1. The van der Waals surface area contributed by atoms with Crippen molar-refractivity contribution in [3.05, 3.63) is 29.3 Å². The quantitative estimate of drug-likeness (QED) is 0.871. The fourth-order valence-electron chi connectivity index (χ4n) is 1.99. The van der Waals surface area contributed by atoms with Gasteiger partial charge in [0.2, 0.25) is 5.91 Å². The molecule has 1 atom stereocenters. The number of nitrogens with zero attached hydrogens (tertiary/aromatic N) is 1. The zero-order valence-corrected chi connectivity index (χ0v) is 13.4. The van der Waals surface area contributed by atoms with E-state index in [9.17, 15) is 9.59 Å². The molecule has 0 bridgehead atoms. The van der Waals surface area contributed by atoms with Crippen molar-refractivity contribution in [3.8, 4) is 0 Å². The highest BCUT2D eigenvalue weighted by atomic mass is 16.2. The molecular weight excluding hydrogens is 266 g/mol. The van der Waals surface area contributed by atoms with Gasteiger partial charge in [0.05, 0.1) is 6.04 Å². The molecule has 0 aliphatic heterocycles. The number of rotatable bonds is 5. The van der Waals surface area contributed by atoms with Crippen LogP contribution in [0.25, 0.3) is 0 Å². The van der Waals surface area contributed by atoms with Gasteiger partial charge in [0.25, 0.3) is 5.91 Å². The summed E-state index contributed by atoms with van der Waals surface area (Å²) in [6.45, 7) is 5.93. The van der Waals surface area contributed by atoms with Gasteiger partial charge in [0.15, 0.2) is 0 Å². The second-order valence-corrected chi connectivity index (χ2v) is 5.95. The van der Waals surface area contributed by atoms with Gasteiger partial charge in [-0.2, -0.15) is 0 Å². The summed E-state index contributed by atoms with van der Waals surface area (Å²) < 4.78 is 0. The van der Waals surface area contributed by atoms with Gasteiger partial charge < -0.3 is 16.0 Å². The molecule has 0 spiro atoms. The smallest absolute Gasteiger partial charge is 0.253 e. The van der Waals surface area contributed by atoms with Crippen molar-refractivity contribution >= 4 is 17.5 Å². The average molecular weight is 291 g/mol. The van der Waals surface area contributed by atoms with Gasteiger partial charge in [-0.25, -0.2) is 0 Å². The molecule has 1 aromatic rings. The normalized spacial score (nSPS) is 12.1. The Morgan fingerprint density at radius 2 is 1.90 bits per heavy atom. The Kier molecular flexibility index (Phi) is 5.90. The molecule has 21 heavy (non-hydrogen) atoms. The molecule has 0 unspecified atom stereocenters. The van der Waals surface area contributed by atoms with Gasteiger partial charge in [0, 0.05) is 25.3 Å². The first kappa shape index (κ1) is 17.2. The number of hydrogen-bond donors (Lipinski definition) is 2. The standard InChI is InChI=1S/C16H25N3O2/c1-10(2)8-13(17)15(20)18-14-9-12(7-6-11(14)3)16(21)19(4)5/h6-7,9-10,13H,8,17H2,1-5H3,(H,18,20)/t13-/m1/s1. The van der Waals surface area contributed by atoms with Crippen molar-refractivity contribution in [2.24, 2.45) is 11.7 Å². The number of amides is 2. The SMILES string of the molecule is Cc1ccc(C(=O)N(C)C)cc1NC(=O)[C@H](N)CC(C)C. The van der Waals surface area contributed by atoms with Crippen molar-refractivity contribution in [1.82, 2.24) is 4.90 Å². The molecule has 1 rings (SSSR count). The predicted molar refractivity (Wildman–Crippen MR) is 85.3 cm³/mol. The summed E-state index contributed by atoms with van der Waals surface area (Å²) in [5.41, 5.74) is 7.94. The van der Waals surface area contributed by atoms with E-state index in [1.807, 2.05) is 26.8 Å². The van der Waals surface area contributed by atoms with Crippen molar-refractivity contribution in [2.45, 2.75) is 33.2 Å². The number of aryl methyl sites for hydroxylation is 1. The molecule has 0 aliphatic carbocycles. The van der Waals surface area contributed by atoms with Crippen LogP contribution >= 0.6 is 0 Å². The summed E-state index contributed by atoms with van der Waals surface area (Å²) in [6.07, 6.45) is 0.626. The maximum atomic E-state index is 12.1. The van der Waals surface area contributed by atoms with Crippen LogP contribution in [0, 0.1) is 12.8 Å². The van der Waals surface area contributed by atoms with Crippen LogP contribution in [0.2, 0.25) is 0 Å². The summed E-state index contributed by atoms with van der Waals surface area (Å²) in [5.74, 6) is 0.0340. The molecule has 0 heterocycles. The monoisotopic (exact) mass is 291 g/mol. The lowest BCUT2D eigenvalue weighted by Gasteiger charge is -2.17. The molecule has 0 aromatic heterocycles. The van der Waals surface area contributed by atoms with E-state index in [0.29, 0.717) is 23.6 Å². The molecule has 116 valence electrons. The molecule has 5 heteroatoms. The maximum absolute atomic E-state index is 12.1. The first-order valence-electron chi connectivity index (χ1n) is 7.11. The predicted octanol–water partition coefficient (Wildman–Crippen LogP) is 2.01. The number of nitrogens with one attached hydrogen (secondary N) is 1. The van der Waals surface area contributed by atoms with E-state index < -0.39 is 6.04 Å². The molecule has 0 saturated heterocycles. The summed E-state index contributed by atoms with van der Waals surface area (Å²) >= 11 is 0. The fraction of sp³-hybridized carbons (Fsp3) is 0.500. The number of carbonyl (C=O) groups is 2. The van der Waals surface area contributed by atoms with Crippen LogP contribution in [0.1, 0.15) is 36.2 Å². The summed E-state index contributed by atoms with van der Waals surface area (Å²) in [6, 6.07) is 4.72. The van der Waals surface area contributed by atoms with Gasteiger partial charge in [-0.1, -0.05) is 19.9 Å². The molecular formula is C16H25N3O2. The molecule has 5 nitrogen and oxygen atoms in total. The van der Waals surface area contributed by atoms with Crippen LogP contribution in [-0.2, 0) is 4.79 Å². The highest BCUT2D eigenvalue weighted by molar-refractivity contribution is 5.99. The maximum Gasteiger partial charge on any atom is 0.253 e. The summed E-state index contributed by atoms with van der Waals surface area (Å²) in [7, 11) is 3.39. The van der Waals surface area contributed by atoms with Crippen LogP contribution in [0.5, 0.6) is 0 Å². The Balaban J connectivity index is 2.90. The Labute approximate surface area is 126 Å². The van der Waals surface area contributed by atoms with E-state index in [0.717, 1.165) is 5.56 Å². The lowest BCUT2D eigenvalue weighted by Crippen LogP contribution is -2.36. The van der Waals surface area contributed by atoms with Crippen molar-refractivity contribution in [1.29, 1.82) is 0 Å². The van der Waals surface area contributed by atoms with Crippen molar-refractivity contribution < 1.29 is 9.59 Å². The summed E-state index contributed by atoms with van der Waals surface area (Å²) in [4.78, 5) is 25.5. The number of carbonyl (C=O) groups excluding carboxylic acids is 2. The van der Waals surface area contributed by atoms with E-state index in [1.165, 1.54) is 4.90 Å². The molecule has 1 aromatic carbocycles. The largest absolute Gasteiger partial charge is 0.345 e. The van der Waals surface area contributed by atoms with E-state index in [1.54, 1.807) is 26.2 Å². The number of nitrogens with two attached hydrogens (primary N) is 1. The van der Waals surface area contributed by atoms with E-state index in [-0.39, 0.29) is 11.8 Å². The van der Waals surface area contributed by atoms with E-state index >= 15 is 0 Å². The molecule has 0 radical (unpaired) electrons. The van der Waals surface area contributed by atoms with Crippen LogP contribution in [0.3, 0.4) is 0 Å². The third-order valence-electron chi connectivity index (χ3n) is 3.21. The van der Waals surface area contributed by atoms with Gasteiger partial charge >= 0.3 is 0 Å². The van der Waals surface area contributed by atoms with Crippen molar-refractivity contribution in [3.63, 3.8) is 0 Å². The zero-order valence-electron chi connectivity index (χ0n) is 13.4. The molecule has 0 saturated carbocycles. The molecule has 0 aliphatic rings. The van der Waals surface area contributed by atoms with Crippen LogP contribution < -0.4 is 11.1 Å². The Hall–Kier alpha value is -1.88. The molecule has 2 amide bonds. The fourth-order valence-corrected chi connectivity index (χ4v) is 1.99. The first-order chi connectivity index (χ1) is 9.72.